The number of hydrogen-bond donors (Lipinski definition) is 1. The second-order valence-electron chi connectivity index (χ2n) is 4.39. The van der Waals surface area contributed by atoms with Crippen LogP contribution >= 0.6 is 0 Å². The molecule has 1 aromatic heterocycles. The smallest absolute Gasteiger partial charge is 0.170 e. The summed E-state index contributed by atoms with van der Waals surface area (Å²) in [5.74, 6) is -0.0562. The highest BCUT2D eigenvalue weighted by molar-refractivity contribution is 5.60. The highest BCUT2D eigenvalue weighted by Gasteiger charge is 2.13. The zero-order chi connectivity index (χ0) is 13.8. The molecule has 0 bridgehead atoms. The van der Waals surface area contributed by atoms with Gasteiger partial charge in [0.05, 0.1) is 0 Å². The minimum Gasteiger partial charge on any atom is -0.327 e. The molecule has 2 N–H and O–H groups in total. The second-order valence-corrected chi connectivity index (χ2v) is 4.39. The van der Waals surface area contributed by atoms with E-state index in [0.29, 0.717) is 11.4 Å². The second kappa shape index (κ2) is 5.80. The monoisotopic (exact) mass is 259 g/mol. The number of halogens is 1. The molecule has 0 unspecified atom stereocenters. The first-order chi connectivity index (χ1) is 9.17. The van der Waals surface area contributed by atoms with Gasteiger partial charge in [0, 0.05) is 31.0 Å². The molecule has 0 saturated carbocycles. The molecule has 0 atom stereocenters. The van der Waals surface area contributed by atoms with Crippen LogP contribution in [0.5, 0.6) is 0 Å². The van der Waals surface area contributed by atoms with Gasteiger partial charge in [0.15, 0.2) is 11.6 Å². The van der Waals surface area contributed by atoms with E-state index in [0.717, 1.165) is 12.1 Å². The molecule has 1 aromatic carbocycles. The fraction of sp³-hybridized carbons (Fsp3) is 0.267. The van der Waals surface area contributed by atoms with Crippen molar-refractivity contribution in [2.75, 3.05) is 11.9 Å². The number of nitrogens with zero attached hydrogens (tertiary/aromatic N) is 2. The maximum atomic E-state index is 14.2. The van der Waals surface area contributed by atoms with Gasteiger partial charge in [-0.3, -0.25) is 0 Å². The summed E-state index contributed by atoms with van der Waals surface area (Å²) in [6, 6.07) is 9.62. The third-order valence-corrected chi connectivity index (χ3v) is 3.22. The molecule has 100 valence electrons. The lowest BCUT2D eigenvalue weighted by atomic mass is 10.1. The summed E-state index contributed by atoms with van der Waals surface area (Å²) in [6.45, 7) is 2.27. The lowest BCUT2D eigenvalue weighted by Gasteiger charge is -2.20. The maximum Gasteiger partial charge on any atom is 0.170 e. The van der Waals surface area contributed by atoms with Gasteiger partial charge in [0.25, 0.3) is 0 Å². The third kappa shape index (κ3) is 2.74. The molecule has 0 aliphatic heterocycles. The quantitative estimate of drug-likeness (QED) is 0.917. The molecule has 0 radical (unpaired) electrons. The Morgan fingerprint density at radius 3 is 2.47 bits per heavy atom. The van der Waals surface area contributed by atoms with Crippen molar-refractivity contribution in [2.24, 2.45) is 5.73 Å². The van der Waals surface area contributed by atoms with Crippen LogP contribution < -0.4 is 10.6 Å². The molecule has 1 heterocycles. The molecule has 2 rings (SSSR count). The average Bonchev–Trinajstić information content (AvgIpc) is 2.47. The Morgan fingerprint density at radius 1 is 1.21 bits per heavy atom. The van der Waals surface area contributed by atoms with Crippen LogP contribution in [0.25, 0.3) is 0 Å². The van der Waals surface area contributed by atoms with Gasteiger partial charge >= 0.3 is 0 Å². The molecule has 19 heavy (non-hydrogen) atoms. The van der Waals surface area contributed by atoms with Gasteiger partial charge in [-0.05, 0) is 30.2 Å². The van der Waals surface area contributed by atoms with Gasteiger partial charge in [-0.25, -0.2) is 9.37 Å². The molecule has 0 aliphatic rings. The van der Waals surface area contributed by atoms with Crippen LogP contribution in [-0.4, -0.2) is 12.0 Å². The van der Waals surface area contributed by atoms with Gasteiger partial charge in [0.1, 0.15) is 0 Å². The lowest BCUT2D eigenvalue weighted by molar-refractivity contribution is 0.604. The number of anilines is 2. The molecular formula is C15H18FN3. The fourth-order valence-corrected chi connectivity index (χ4v) is 1.94. The molecule has 2 aromatic rings. The van der Waals surface area contributed by atoms with E-state index < -0.39 is 0 Å². The van der Waals surface area contributed by atoms with Crippen molar-refractivity contribution >= 4 is 11.5 Å². The SMILES string of the molecule is CCc1ccc(N(C)c2nccc(CN)c2F)cc1. The number of aromatic nitrogens is 1. The first kappa shape index (κ1) is 13.5. The van der Waals surface area contributed by atoms with E-state index in [1.807, 2.05) is 24.3 Å². The zero-order valence-corrected chi connectivity index (χ0v) is 11.2. The highest BCUT2D eigenvalue weighted by Crippen LogP contribution is 2.25. The van der Waals surface area contributed by atoms with Crippen LogP contribution in [0.15, 0.2) is 36.5 Å². The Hall–Kier alpha value is -1.94. The van der Waals surface area contributed by atoms with Crippen molar-refractivity contribution < 1.29 is 4.39 Å². The predicted octanol–water partition coefficient (Wildman–Crippen LogP) is 3.01. The molecule has 0 spiro atoms. The van der Waals surface area contributed by atoms with Crippen molar-refractivity contribution in [1.29, 1.82) is 0 Å². The summed E-state index contributed by atoms with van der Waals surface area (Å²) in [4.78, 5) is 5.83. The number of nitrogens with two attached hydrogens (primary N) is 1. The Morgan fingerprint density at radius 2 is 1.89 bits per heavy atom. The summed E-state index contributed by atoms with van der Waals surface area (Å²) < 4.78 is 14.2. The Labute approximate surface area is 112 Å². The summed E-state index contributed by atoms with van der Waals surface area (Å²) >= 11 is 0. The van der Waals surface area contributed by atoms with Crippen LogP contribution in [0.1, 0.15) is 18.1 Å². The van der Waals surface area contributed by atoms with Crippen LogP contribution in [0.3, 0.4) is 0 Å². The van der Waals surface area contributed by atoms with Crippen LogP contribution in [-0.2, 0) is 13.0 Å². The van der Waals surface area contributed by atoms with E-state index in [-0.39, 0.29) is 12.4 Å². The summed E-state index contributed by atoms with van der Waals surface area (Å²) in [5.41, 5.74) is 8.14. The molecule has 0 fully saturated rings. The number of rotatable bonds is 4. The van der Waals surface area contributed by atoms with E-state index >= 15 is 0 Å². The topological polar surface area (TPSA) is 42.2 Å². The van der Waals surface area contributed by atoms with Crippen LogP contribution in [0.2, 0.25) is 0 Å². The largest absolute Gasteiger partial charge is 0.327 e. The third-order valence-electron chi connectivity index (χ3n) is 3.22. The van der Waals surface area contributed by atoms with E-state index in [1.54, 1.807) is 24.2 Å². The molecule has 0 amide bonds. The molecule has 3 nitrogen and oxygen atoms in total. The molecule has 0 aliphatic carbocycles. The Kier molecular flexibility index (Phi) is 4.12. The molecular weight excluding hydrogens is 241 g/mol. The Balaban J connectivity index is 2.35. The fourth-order valence-electron chi connectivity index (χ4n) is 1.94. The van der Waals surface area contributed by atoms with E-state index in [9.17, 15) is 4.39 Å². The predicted molar refractivity (Wildman–Crippen MR) is 76.0 cm³/mol. The first-order valence-electron chi connectivity index (χ1n) is 6.33. The van der Waals surface area contributed by atoms with Crippen molar-refractivity contribution in [2.45, 2.75) is 19.9 Å². The van der Waals surface area contributed by atoms with Crippen molar-refractivity contribution in [3.8, 4) is 0 Å². The minimum atomic E-state index is -0.355. The van der Waals surface area contributed by atoms with Gasteiger partial charge in [0.2, 0.25) is 0 Å². The number of benzene rings is 1. The van der Waals surface area contributed by atoms with Gasteiger partial charge in [-0.15, -0.1) is 0 Å². The van der Waals surface area contributed by atoms with Crippen LogP contribution in [0, 0.1) is 5.82 Å². The minimum absolute atomic E-state index is 0.171. The normalized spacial score (nSPS) is 10.5. The van der Waals surface area contributed by atoms with Gasteiger partial charge in [-0.2, -0.15) is 0 Å². The lowest BCUT2D eigenvalue weighted by Crippen LogP contribution is -2.15. The Bertz CT molecular complexity index is 552. The van der Waals surface area contributed by atoms with E-state index in [2.05, 4.69) is 11.9 Å². The van der Waals surface area contributed by atoms with Gasteiger partial charge < -0.3 is 10.6 Å². The van der Waals surface area contributed by atoms with E-state index in [1.165, 1.54) is 5.56 Å². The molecule has 4 heteroatoms. The number of aryl methyl sites for hydroxylation is 1. The maximum absolute atomic E-state index is 14.2. The van der Waals surface area contributed by atoms with Crippen molar-refractivity contribution in [3.05, 3.63) is 53.5 Å². The summed E-state index contributed by atoms with van der Waals surface area (Å²) in [6.07, 6.45) is 2.57. The highest BCUT2D eigenvalue weighted by atomic mass is 19.1. The number of pyridine rings is 1. The van der Waals surface area contributed by atoms with Crippen molar-refractivity contribution in [1.82, 2.24) is 4.98 Å². The van der Waals surface area contributed by atoms with E-state index in [4.69, 9.17) is 5.73 Å². The van der Waals surface area contributed by atoms with Crippen molar-refractivity contribution in [3.63, 3.8) is 0 Å². The molecule has 0 saturated heterocycles. The number of hydrogen-bond acceptors (Lipinski definition) is 3. The standard InChI is InChI=1S/C15H18FN3/c1-3-11-4-6-13(7-5-11)19(2)15-14(16)12(10-17)8-9-18-15/h4-9H,3,10,17H2,1-2H3. The van der Waals surface area contributed by atoms with Gasteiger partial charge in [-0.1, -0.05) is 19.1 Å². The van der Waals surface area contributed by atoms with Crippen LogP contribution in [0.4, 0.5) is 15.9 Å². The zero-order valence-electron chi connectivity index (χ0n) is 11.2. The summed E-state index contributed by atoms with van der Waals surface area (Å²) in [7, 11) is 1.80. The summed E-state index contributed by atoms with van der Waals surface area (Å²) in [5, 5.41) is 0. The average molecular weight is 259 g/mol. The first-order valence-corrected chi connectivity index (χ1v) is 6.33.